The summed E-state index contributed by atoms with van der Waals surface area (Å²) in [5.74, 6) is 1.29. The third-order valence-corrected chi connectivity index (χ3v) is 4.73. The molecule has 0 saturated heterocycles. The molecule has 0 aliphatic heterocycles. The first kappa shape index (κ1) is 12.9. The van der Waals surface area contributed by atoms with E-state index in [1.807, 2.05) is 36.4 Å². The fourth-order valence-corrected chi connectivity index (χ4v) is 3.36. The highest BCUT2D eigenvalue weighted by Crippen LogP contribution is 2.51. The summed E-state index contributed by atoms with van der Waals surface area (Å²) in [5, 5.41) is 8.84. The molecule has 1 aromatic carbocycles. The number of benzene rings is 1. The van der Waals surface area contributed by atoms with Gasteiger partial charge < -0.3 is 4.74 Å². The van der Waals surface area contributed by atoms with Crippen molar-refractivity contribution in [3.63, 3.8) is 0 Å². The summed E-state index contributed by atoms with van der Waals surface area (Å²) in [4.78, 5) is 14.2. The van der Waals surface area contributed by atoms with Gasteiger partial charge >= 0.3 is 0 Å². The number of hydrogen-bond acceptors (Lipinski definition) is 4. The molecule has 3 nitrogen and oxygen atoms in total. The maximum atomic E-state index is 12.4. The summed E-state index contributed by atoms with van der Waals surface area (Å²) in [6, 6.07) is 13.2. The number of thiophene rings is 1. The van der Waals surface area contributed by atoms with Crippen molar-refractivity contribution in [3.05, 3.63) is 51.7 Å². The van der Waals surface area contributed by atoms with Gasteiger partial charge in [0.1, 0.15) is 16.7 Å². The number of ketones is 1. The first-order valence-electron chi connectivity index (χ1n) is 6.41. The molecular weight excluding hydrogens is 270 g/mol. The Morgan fingerprint density at radius 2 is 2.05 bits per heavy atom. The van der Waals surface area contributed by atoms with E-state index in [1.54, 1.807) is 7.11 Å². The largest absolute Gasteiger partial charge is 0.497 e. The summed E-state index contributed by atoms with van der Waals surface area (Å²) < 4.78 is 5.09. The molecule has 0 N–H and O–H groups in total. The van der Waals surface area contributed by atoms with Gasteiger partial charge in [0.25, 0.3) is 0 Å². The van der Waals surface area contributed by atoms with E-state index in [1.165, 1.54) is 11.3 Å². The van der Waals surface area contributed by atoms with Crippen molar-refractivity contribution in [1.29, 1.82) is 5.26 Å². The van der Waals surface area contributed by atoms with Gasteiger partial charge in [-0.25, -0.2) is 0 Å². The van der Waals surface area contributed by atoms with Crippen LogP contribution in [0.15, 0.2) is 36.4 Å². The van der Waals surface area contributed by atoms with E-state index in [0.717, 1.165) is 22.6 Å². The van der Waals surface area contributed by atoms with Crippen LogP contribution in [0.5, 0.6) is 5.75 Å². The molecule has 0 unspecified atom stereocenters. The molecule has 0 bridgehead atoms. The van der Waals surface area contributed by atoms with E-state index in [0.29, 0.717) is 4.88 Å². The van der Waals surface area contributed by atoms with E-state index in [4.69, 9.17) is 10.00 Å². The van der Waals surface area contributed by atoms with Gasteiger partial charge in [0.15, 0.2) is 5.78 Å². The standard InChI is InChI=1S/C16H13NO2S/c1-19-11-4-2-10(3-5-11)16(18)14-8-13(14)15-7-6-12(9-17)20-15/h2-7,13-14H,8H2,1H3/t13-,14-/m0/s1. The summed E-state index contributed by atoms with van der Waals surface area (Å²) in [6.07, 6.45) is 0.885. The van der Waals surface area contributed by atoms with Crippen LogP contribution in [0.25, 0.3) is 0 Å². The molecule has 1 heterocycles. The number of Topliss-reactive ketones (excluding diaryl/α,β-unsaturated/α-hetero) is 1. The quantitative estimate of drug-likeness (QED) is 0.805. The second-order valence-corrected chi connectivity index (χ2v) is 5.97. The lowest BCUT2D eigenvalue weighted by molar-refractivity contribution is 0.0965. The Kier molecular flexibility index (Phi) is 3.29. The molecular formula is C16H13NO2S. The fourth-order valence-electron chi connectivity index (χ4n) is 2.38. The maximum Gasteiger partial charge on any atom is 0.166 e. The number of hydrogen-bond donors (Lipinski definition) is 0. The highest BCUT2D eigenvalue weighted by atomic mass is 32.1. The van der Waals surface area contributed by atoms with Crippen LogP contribution < -0.4 is 4.74 Å². The Balaban J connectivity index is 1.72. The average molecular weight is 283 g/mol. The molecule has 20 heavy (non-hydrogen) atoms. The molecule has 1 aliphatic carbocycles. The Labute approximate surface area is 121 Å². The Morgan fingerprint density at radius 1 is 1.30 bits per heavy atom. The SMILES string of the molecule is COc1ccc(C(=O)[C@H]2C[C@@H]2c2ccc(C#N)s2)cc1. The Morgan fingerprint density at radius 3 is 2.65 bits per heavy atom. The number of methoxy groups -OCH3 is 1. The second-order valence-electron chi connectivity index (χ2n) is 4.86. The zero-order valence-corrected chi connectivity index (χ0v) is 11.8. The molecule has 0 radical (unpaired) electrons. The number of carbonyl (C=O) groups is 1. The third kappa shape index (κ3) is 2.33. The van der Waals surface area contributed by atoms with Gasteiger partial charge in [0, 0.05) is 22.3 Å². The van der Waals surface area contributed by atoms with Crippen LogP contribution in [0.3, 0.4) is 0 Å². The van der Waals surface area contributed by atoms with Crippen molar-refractivity contribution >= 4 is 17.1 Å². The van der Waals surface area contributed by atoms with E-state index in [9.17, 15) is 4.79 Å². The minimum Gasteiger partial charge on any atom is -0.497 e. The van der Waals surface area contributed by atoms with E-state index >= 15 is 0 Å². The molecule has 0 spiro atoms. The predicted molar refractivity (Wildman–Crippen MR) is 77.2 cm³/mol. The zero-order valence-electron chi connectivity index (χ0n) is 11.0. The summed E-state index contributed by atoms with van der Waals surface area (Å²) in [5.41, 5.74) is 0.732. The smallest absolute Gasteiger partial charge is 0.166 e. The van der Waals surface area contributed by atoms with Gasteiger partial charge in [-0.15, -0.1) is 11.3 Å². The van der Waals surface area contributed by atoms with Crippen molar-refractivity contribution in [1.82, 2.24) is 0 Å². The summed E-state index contributed by atoms with van der Waals surface area (Å²) >= 11 is 1.49. The van der Waals surface area contributed by atoms with Gasteiger partial charge in [-0.2, -0.15) is 5.26 Å². The van der Waals surface area contributed by atoms with Crippen LogP contribution in [0, 0.1) is 17.2 Å². The third-order valence-electron chi connectivity index (χ3n) is 3.60. The minimum absolute atomic E-state index is 0.0635. The molecule has 4 heteroatoms. The van der Waals surface area contributed by atoms with Crippen LogP contribution >= 0.6 is 11.3 Å². The summed E-state index contributed by atoms with van der Waals surface area (Å²) in [7, 11) is 1.61. The van der Waals surface area contributed by atoms with Crippen molar-refractivity contribution < 1.29 is 9.53 Å². The lowest BCUT2D eigenvalue weighted by Gasteiger charge is -2.02. The first-order valence-corrected chi connectivity index (χ1v) is 7.22. The van der Waals surface area contributed by atoms with Crippen LogP contribution in [0.2, 0.25) is 0 Å². The number of ether oxygens (including phenoxy) is 1. The van der Waals surface area contributed by atoms with Crippen molar-refractivity contribution in [2.45, 2.75) is 12.3 Å². The number of nitrogens with zero attached hydrogens (tertiary/aromatic N) is 1. The van der Waals surface area contributed by atoms with Gasteiger partial charge in [0.05, 0.1) is 7.11 Å². The molecule has 3 rings (SSSR count). The Bertz CT molecular complexity index is 681. The van der Waals surface area contributed by atoms with E-state index in [-0.39, 0.29) is 17.6 Å². The molecule has 1 fully saturated rings. The van der Waals surface area contributed by atoms with Gasteiger partial charge in [-0.3, -0.25) is 4.79 Å². The minimum atomic E-state index is 0.0635. The monoisotopic (exact) mass is 283 g/mol. The predicted octanol–water partition coefficient (Wildman–Crippen LogP) is 3.61. The number of nitriles is 1. The van der Waals surface area contributed by atoms with Crippen LogP contribution in [0.4, 0.5) is 0 Å². The molecule has 1 aromatic heterocycles. The molecule has 0 amide bonds. The summed E-state index contributed by atoms with van der Waals surface area (Å²) in [6.45, 7) is 0. The normalized spacial score (nSPS) is 20.2. The van der Waals surface area contributed by atoms with Crippen molar-refractivity contribution in [2.75, 3.05) is 7.11 Å². The van der Waals surface area contributed by atoms with E-state index in [2.05, 4.69) is 6.07 Å². The van der Waals surface area contributed by atoms with Gasteiger partial charge in [-0.1, -0.05) is 0 Å². The van der Waals surface area contributed by atoms with Crippen LogP contribution in [0.1, 0.15) is 32.5 Å². The Hall–Kier alpha value is -2.12. The van der Waals surface area contributed by atoms with E-state index < -0.39 is 0 Å². The lowest BCUT2D eigenvalue weighted by Crippen LogP contribution is -2.02. The highest BCUT2D eigenvalue weighted by molar-refractivity contribution is 7.12. The molecule has 1 aliphatic rings. The van der Waals surface area contributed by atoms with Gasteiger partial charge in [-0.05, 0) is 42.8 Å². The van der Waals surface area contributed by atoms with Crippen molar-refractivity contribution in [3.8, 4) is 11.8 Å². The first-order chi connectivity index (χ1) is 9.72. The molecule has 2 atom stereocenters. The average Bonchev–Trinajstić information content (AvgIpc) is 3.16. The molecule has 2 aromatic rings. The molecule has 100 valence electrons. The van der Waals surface area contributed by atoms with Gasteiger partial charge in [0.2, 0.25) is 0 Å². The number of rotatable bonds is 4. The second kappa shape index (κ2) is 5.10. The molecule has 1 saturated carbocycles. The van der Waals surface area contributed by atoms with Crippen molar-refractivity contribution in [2.24, 2.45) is 5.92 Å². The van der Waals surface area contributed by atoms with Crippen LogP contribution in [-0.4, -0.2) is 12.9 Å². The fraction of sp³-hybridized carbons (Fsp3) is 0.250. The topological polar surface area (TPSA) is 50.1 Å². The zero-order chi connectivity index (χ0) is 14.1. The lowest BCUT2D eigenvalue weighted by atomic mass is 10.1. The number of carbonyl (C=O) groups excluding carboxylic acids is 1. The maximum absolute atomic E-state index is 12.4. The van der Waals surface area contributed by atoms with Crippen LogP contribution in [-0.2, 0) is 0 Å². The highest BCUT2D eigenvalue weighted by Gasteiger charge is 2.44.